The first kappa shape index (κ1) is 22.7. The lowest BCUT2D eigenvalue weighted by atomic mass is 10.2. The molecule has 0 aliphatic rings. The number of aromatic nitrogens is 4. The SMILES string of the molecule is CN(C)CCNC(=O)c1coc(CSc2nnc(-c3ccccc3)n2-c2ccccc2F)n1. The molecule has 8 nitrogen and oxygen atoms in total. The topological polar surface area (TPSA) is 89.1 Å². The monoisotopic (exact) mass is 466 g/mol. The highest BCUT2D eigenvalue weighted by molar-refractivity contribution is 7.98. The number of carbonyl (C=O) groups excluding carboxylic acids is 1. The van der Waals surface area contributed by atoms with Gasteiger partial charge in [-0.15, -0.1) is 10.2 Å². The number of para-hydroxylation sites is 1. The molecule has 0 radical (unpaired) electrons. The number of benzene rings is 2. The Balaban J connectivity index is 1.54. The van der Waals surface area contributed by atoms with E-state index < -0.39 is 0 Å². The lowest BCUT2D eigenvalue weighted by molar-refractivity contribution is 0.0946. The molecule has 0 fully saturated rings. The van der Waals surface area contributed by atoms with Crippen molar-refractivity contribution in [3.8, 4) is 17.1 Å². The van der Waals surface area contributed by atoms with Gasteiger partial charge in [-0.3, -0.25) is 9.36 Å². The average Bonchev–Trinajstić information content (AvgIpc) is 3.46. The lowest BCUT2D eigenvalue weighted by Crippen LogP contribution is -2.31. The van der Waals surface area contributed by atoms with Crippen LogP contribution in [0.4, 0.5) is 4.39 Å². The summed E-state index contributed by atoms with van der Waals surface area (Å²) < 4.78 is 21.8. The first-order valence-corrected chi connectivity index (χ1v) is 11.3. The van der Waals surface area contributed by atoms with Crippen molar-refractivity contribution in [2.75, 3.05) is 27.2 Å². The summed E-state index contributed by atoms with van der Waals surface area (Å²) in [5.74, 6) is 0.507. The molecule has 170 valence electrons. The summed E-state index contributed by atoms with van der Waals surface area (Å²) in [7, 11) is 3.86. The van der Waals surface area contributed by atoms with Crippen LogP contribution >= 0.6 is 11.8 Å². The summed E-state index contributed by atoms with van der Waals surface area (Å²) in [5.41, 5.74) is 1.37. The van der Waals surface area contributed by atoms with Gasteiger partial charge >= 0.3 is 0 Å². The smallest absolute Gasteiger partial charge is 0.273 e. The van der Waals surface area contributed by atoms with Crippen molar-refractivity contribution in [1.82, 2.24) is 30.0 Å². The molecule has 0 atom stereocenters. The van der Waals surface area contributed by atoms with Crippen molar-refractivity contribution in [1.29, 1.82) is 0 Å². The third-order valence-electron chi connectivity index (χ3n) is 4.71. The average molecular weight is 467 g/mol. The zero-order chi connectivity index (χ0) is 23.2. The minimum Gasteiger partial charge on any atom is -0.447 e. The van der Waals surface area contributed by atoms with Crippen LogP contribution in [0.25, 0.3) is 17.1 Å². The number of oxazole rings is 1. The van der Waals surface area contributed by atoms with E-state index in [-0.39, 0.29) is 17.4 Å². The summed E-state index contributed by atoms with van der Waals surface area (Å²) >= 11 is 1.29. The molecule has 0 saturated heterocycles. The maximum atomic E-state index is 14.7. The molecule has 4 rings (SSSR count). The molecule has 4 aromatic rings. The van der Waals surface area contributed by atoms with E-state index in [9.17, 15) is 9.18 Å². The minimum atomic E-state index is -0.385. The molecule has 2 aromatic carbocycles. The number of nitrogens with zero attached hydrogens (tertiary/aromatic N) is 5. The molecule has 0 aliphatic heterocycles. The zero-order valence-corrected chi connectivity index (χ0v) is 19.1. The Hall–Kier alpha value is -3.50. The van der Waals surface area contributed by atoms with Crippen molar-refractivity contribution < 1.29 is 13.6 Å². The number of hydrogen-bond donors (Lipinski definition) is 1. The second-order valence-electron chi connectivity index (χ2n) is 7.43. The van der Waals surface area contributed by atoms with Gasteiger partial charge in [-0.1, -0.05) is 54.2 Å². The maximum absolute atomic E-state index is 14.7. The third-order valence-corrected chi connectivity index (χ3v) is 5.63. The molecule has 0 unspecified atom stereocenters. The number of amides is 1. The van der Waals surface area contributed by atoms with E-state index in [2.05, 4.69) is 20.5 Å². The van der Waals surface area contributed by atoms with Gasteiger partial charge in [0.25, 0.3) is 5.91 Å². The summed E-state index contributed by atoms with van der Waals surface area (Å²) in [6.07, 6.45) is 1.33. The Kier molecular flexibility index (Phi) is 7.16. The normalized spacial score (nSPS) is 11.2. The third kappa shape index (κ3) is 5.47. The van der Waals surface area contributed by atoms with E-state index in [0.29, 0.717) is 34.9 Å². The summed E-state index contributed by atoms with van der Waals surface area (Å²) in [6, 6.07) is 15.9. The van der Waals surface area contributed by atoms with Crippen LogP contribution in [0, 0.1) is 5.82 Å². The number of thioether (sulfide) groups is 1. The van der Waals surface area contributed by atoms with Gasteiger partial charge in [0.15, 0.2) is 16.7 Å². The van der Waals surface area contributed by atoms with E-state index in [4.69, 9.17) is 4.42 Å². The van der Waals surface area contributed by atoms with Crippen LogP contribution < -0.4 is 5.32 Å². The van der Waals surface area contributed by atoms with Crippen LogP contribution in [0.2, 0.25) is 0 Å². The molecular weight excluding hydrogens is 443 g/mol. The molecule has 0 saturated carbocycles. The highest BCUT2D eigenvalue weighted by Crippen LogP contribution is 2.30. The van der Waals surface area contributed by atoms with Crippen LogP contribution in [-0.2, 0) is 5.75 Å². The fourth-order valence-electron chi connectivity index (χ4n) is 3.08. The fraction of sp³-hybridized carbons (Fsp3) is 0.217. The van der Waals surface area contributed by atoms with Gasteiger partial charge in [-0.25, -0.2) is 9.37 Å². The van der Waals surface area contributed by atoms with Gasteiger partial charge in [0.05, 0.1) is 11.4 Å². The number of nitrogens with one attached hydrogen (secondary N) is 1. The first-order chi connectivity index (χ1) is 16.0. The number of hydrogen-bond acceptors (Lipinski definition) is 7. The van der Waals surface area contributed by atoms with Crippen molar-refractivity contribution in [3.63, 3.8) is 0 Å². The predicted octanol–water partition coefficient (Wildman–Crippen LogP) is 3.65. The Morgan fingerprint density at radius 1 is 1.12 bits per heavy atom. The largest absolute Gasteiger partial charge is 0.447 e. The van der Waals surface area contributed by atoms with Crippen molar-refractivity contribution in [3.05, 3.63) is 78.3 Å². The minimum absolute atomic E-state index is 0.213. The zero-order valence-electron chi connectivity index (χ0n) is 18.2. The molecule has 0 bridgehead atoms. The van der Waals surface area contributed by atoms with E-state index >= 15 is 0 Å². The quantitative estimate of drug-likeness (QED) is 0.377. The Bertz CT molecular complexity index is 1220. The molecular formula is C23H23FN6O2S. The molecule has 33 heavy (non-hydrogen) atoms. The first-order valence-electron chi connectivity index (χ1n) is 10.3. The Morgan fingerprint density at radius 2 is 1.88 bits per heavy atom. The van der Waals surface area contributed by atoms with Crippen molar-refractivity contribution in [2.24, 2.45) is 0 Å². The molecule has 2 heterocycles. The predicted molar refractivity (Wildman–Crippen MR) is 124 cm³/mol. The molecule has 10 heteroatoms. The number of likely N-dealkylation sites (N-methyl/N-ethyl adjacent to an activating group) is 1. The maximum Gasteiger partial charge on any atom is 0.273 e. The highest BCUT2D eigenvalue weighted by Gasteiger charge is 2.20. The summed E-state index contributed by atoms with van der Waals surface area (Å²) in [6.45, 7) is 1.23. The van der Waals surface area contributed by atoms with Crippen LogP contribution in [0.15, 0.2) is 70.4 Å². The molecule has 2 aromatic heterocycles. The van der Waals surface area contributed by atoms with Crippen molar-refractivity contribution >= 4 is 17.7 Å². The molecule has 1 N–H and O–H groups in total. The second kappa shape index (κ2) is 10.4. The van der Waals surface area contributed by atoms with Gasteiger partial charge in [0.1, 0.15) is 12.1 Å². The summed E-state index contributed by atoms with van der Waals surface area (Å²) in [4.78, 5) is 18.5. The van der Waals surface area contributed by atoms with Gasteiger partial charge in [0, 0.05) is 18.7 Å². The van der Waals surface area contributed by atoms with Crippen LogP contribution in [0.1, 0.15) is 16.4 Å². The molecule has 0 aliphatic carbocycles. The van der Waals surface area contributed by atoms with Gasteiger partial charge < -0.3 is 14.6 Å². The summed E-state index contributed by atoms with van der Waals surface area (Å²) in [5, 5.41) is 11.9. The van der Waals surface area contributed by atoms with Crippen LogP contribution in [0.3, 0.4) is 0 Å². The fourth-order valence-corrected chi connectivity index (χ4v) is 3.88. The van der Waals surface area contributed by atoms with Gasteiger partial charge in [0.2, 0.25) is 5.89 Å². The second-order valence-corrected chi connectivity index (χ2v) is 8.38. The van der Waals surface area contributed by atoms with Crippen molar-refractivity contribution in [2.45, 2.75) is 10.9 Å². The van der Waals surface area contributed by atoms with Crippen LogP contribution in [-0.4, -0.2) is 57.7 Å². The molecule has 0 spiro atoms. The van der Waals surface area contributed by atoms with E-state index in [1.807, 2.05) is 49.3 Å². The number of rotatable bonds is 9. The highest BCUT2D eigenvalue weighted by atomic mass is 32.2. The number of carbonyl (C=O) groups is 1. The lowest BCUT2D eigenvalue weighted by Gasteiger charge is -2.10. The van der Waals surface area contributed by atoms with Gasteiger partial charge in [-0.2, -0.15) is 0 Å². The van der Waals surface area contributed by atoms with E-state index in [0.717, 1.165) is 12.1 Å². The van der Waals surface area contributed by atoms with E-state index in [1.165, 1.54) is 24.1 Å². The Morgan fingerprint density at radius 3 is 2.64 bits per heavy atom. The van der Waals surface area contributed by atoms with Gasteiger partial charge in [-0.05, 0) is 26.2 Å². The van der Waals surface area contributed by atoms with Crippen LogP contribution in [0.5, 0.6) is 0 Å². The molecule has 1 amide bonds. The van der Waals surface area contributed by atoms with E-state index in [1.54, 1.807) is 22.8 Å². The standard InChI is InChI=1S/C23H23FN6O2S/c1-29(2)13-12-25-22(31)18-14-32-20(26-18)15-33-23-28-27-21(16-8-4-3-5-9-16)30(23)19-11-7-6-10-17(19)24/h3-11,14H,12-13,15H2,1-2H3,(H,25,31). The Labute approximate surface area is 194 Å². The number of halogens is 1.